The number of aryl methyl sites for hydroxylation is 2. The Balaban J connectivity index is 1.44. The normalized spacial score (nSPS) is 26.3. The second-order valence-corrected chi connectivity index (χ2v) is 10.5. The quantitative estimate of drug-likeness (QED) is 0.609. The molecule has 6 nitrogen and oxygen atoms in total. The number of nitrogens with two attached hydrogens (primary N) is 1. The Morgan fingerprint density at radius 1 is 1.12 bits per heavy atom. The van der Waals surface area contributed by atoms with E-state index in [0.717, 1.165) is 61.2 Å². The molecule has 2 fully saturated rings. The number of allylic oxidation sites excluding steroid dienone is 2. The zero-order chi connectivity index (χ0) is 23.9. The van der Waals surface area contributed by atoms with Crippen molar-refractivity contribution in [2.75, 3.05) is 11.4 Å². The molecule has 2 heterocycles. The smallest absolute Gasteiger partial charge is 0.253 e. The number of aromatic amines is 1. The van der Waals surface area contributed by atoms with E-state index in [2.05, 4.69) is 40.3 Å². The molecule has 1 amide bonds. The van der Waals surface area contributed by atoms with Gasteiger partial charge < -0.3 is 20.9 Å². The van der Waals surface area contributed by atoms with Crippen LogP contribution in [0.1, 0.15) is 71.8 Å². The molecule has 0 saturated heterocycles. The minimum Gasteiger partial charge on any atom is -0.369 e. The van der Waals surface area contributed by atoms with Crippen molar-refractivity contribution in [3.8, 4) is 0 Å². The van der Waals surface area contributed by atoms with Crippen LogP contribution in [0.4, 0.5) is 5.69 Å². The van der Waals surface area contributed by atoms with E-state index in [1.807, 2.05) is 25.1 Å². The molecule has 1 aliphatic heterocycles. The van der Waals surface area contributed by atoms with Crippen LogP contribution in [0.3, 0.4) is 0 Å². The Hall–Kier alpha value is -2.86. The highest BCUT2D eigenvalue weighted by Crippen LogP contribution is 2.57. The van der Waals surface area contributed by atoms with E-state index in [9.17, 15) is 9.59 Å². The van der Waals surface area contributed by atoms with Gasteiger partial charge in [-0.05, 0) is 93.5 Å². The van der Waals surface area contributed by atoms with Crippen molar-refractivity contribution >= 4 is 11.6 Å². The molecule has 0 unspecified atom stereocenters. The van der Waals surface area contributed by atoms with Gasteiger partial charge >= 0.3 is 0 Å². The lowest BCUT2D eigenvalue weighted by Crippen LogP contribution is -2.60. The van der Waals surface area contributed by atoms with E-state index in [4.69, 9.17) is 5.73 Å². The summed E-state index contributed by atoms with van der Waals surface area (Å²) in [4.78, 5) is 31.3. The molecule has 0 radical (unpaired) electrons. The molecule has 34 heavy (non-hydrogen) atoms. The summed E-state index contributed by atoms with van der Waals surface area (Å²) in [5.41, 5.74) is 11.9. The van der Waals surface area contributed by atoms with Gasteiger partial charge in [-0.2, -0.15) is 0 Å². The van der Waals surface area contributed by atoms with Gasteiger partial charge in [0, 0.05) is 47.7 Å². The van der Waals surface area contributed by atoms with Crippen LogP contribution in [0.5, 0.6) is 0 Å². The number of aromatic nitrogens is 1. The van der Waals surface area contributed by atoms with E-state index in [-0.39, 0.29) is 18.0 Å². The van der Waals surface area contributed by atoms with Crippen LogP contribution in [0, 0.1) is 12.3 Å². The number of hydrogen-bond acceptors (Lipinski definition) is 4. The topological polar surface area (TPSA) is 91.2 Å². The maximum atomic E-state index is 13.3. The molecule has 3 aliphatic rings. The number of fused-ring (bicyclic) bond motifs is 2. The third kappa shape index (κ3) is 4.20. The van der Waals surface area contributed by atoms with Crippen molar-refractivity contribution in [3.05, 3.63) is 74.7 Å². The summed E-state index contributed by atoms with van der Waals surface area (Å²) in [5, 5.41) is 3.04. The Morgan fingerprint density at radius 2 is 1.91 bits per heavy atom. The van der Waals surface area contributed by atoms with Gasteiger partial charge in [-0.15, -0.1) is 0 Å². The third-order valence-corrected chi connectivity index (χ3v) is 8.07. The molecular weight excluding hydrogens is 424 g/mol. The van der Waals surface area contributed by atoms with Crippen LogP contribution in [0.25, 0.3) is 0 Å². The van der Waals surface area contributed by atoms with E-state index in [1.54, 1.807) is 0 Å². The van der Waals surface area contributed by atoms with E-state index in [1.165, 1.54) is 12.8 Å². The highest BCUT2D eigenvalue weighted by Gasteiger charge is 2.53. The standard InChI is InChI=1S/C28H36N4O2/c1-3-32(21-15-28(16-21)13-20(29)14-28)25-11-7-10-23-22(25)9-6-4-5-8-19-12-18(2)31-27(34)24(19)17-30-26(23)33/h4,6-7,10-12,20-21H,3,5,8-9,13-17,29H2,1-2H3,(H,30,33)(H,31,34). The maximum Gasteiger partial charge on any atom is 0.253 e. The fraction of sp³-hybridized carbons (Fsp3) is 0.500. The molecule has 5 rings (SSSR count). The van der Waals surface area contributed by atoms with E-state index >= 15 is 0 Å². The van der Waals surface area contributed by atoms with Gasteiger partial charge in [0.25, 0.3) is 11.5 Å². The number of carbonyl (C=O) groups excluding carboxylic acids is 1. The summed E-state index contributed by atoms with van der Waals surface area (Å²) in [6, 6.07) is 8.97. The van der Waals surface area contributed by atoms with E-state index in [0.29, 0.717) is 28.6 Å². The number of H-pyrrole nitrogens is 1. The molecule has 6 heteroatoms. The Bertz CT molecular complexity index is 1170. The molecule has 1 aromatic carbocycles. The lowest BCUT2D eigenvalue weighted by Gasteiger charge is -2.59. The molecule has 0 bridgehead atoms. The van der Waals surface area contributed by atoms with Gasteiger partial charge in [0.15, 0.2) is 0 Å². The van der Waals surface area contributed by atoms with Gasteiger partial charge in [-0.1, -0.05) is 18.2 Å². The number of anilines is 1. The van der Waals surface area contributed by atoms with Crippen LogP contribution in [-0.4, -0.2) is 29.5 Å². The Labute approximate surface area is 201 Å². The monoisotopic (exact) mass is 460 g/mol. The van der Waals surface area contributed by atoms with Gasteiger partial charge in [0.1, 0.15) is 0 Å². The van der Waals surface area contributed by atoms with Crippen LogP contribution < -0.4 is 21.5 Å². The molecule has 1 aromatic heterocycles. The molecule has 2 aliphatic carbocycles. The number of rotatable bonds is 3. The fourth-order valence-corrected chi connectivity index (χ4v) is 6.47. The number of benzene rings is 1. The number of nitrogens with zero attached hydrogens (tertiary/aromatic N) is 1. The zero-order valence-electron chi connectivity index (χ0n) is 20.3. The summed E-state index contributed by atoms with van der Waals surface area (Å²) in [5.74, 6) is -0.122. The summed E-state index contributed by atoms with van der Waals surface area (Å²) in [6.07, 6.45) is 11.4. The van der Waals surface area contributed by atoms with Crippen molar-refractivity contribution < 1.29 is 4.79 Å². The first-order chi connectivity index (χ1) is 16.4. The molecule has 2 aromatic rings. The van der Waals surface area contributed by atoms with E-state index < -0.39 is 0 Å². The molecule has 2 saturated carbocycles. The van der Waals surface area contributed by atoms with Crippen LogP contribution in [0.15, 0.2) is 41.2 Å². The predicted octanol–water partition coefficient (Wildman–Crippen LogP) is 3.75. The molecule has 1 spiro atoms. The summed E-state index contributed by atoms with van der Waals surface area (Å²) in [7, 11) is 0. The fourth-order valence-electron chi connectivity index (χ4n) is 6.47. The van der Waals surface area contributed by atoms with Gasteiger partial charge in [0.05, 0.1) is 0 Å². The lowest BCUT2D eigenvalue weighted by atomic mass is 9.52. The second kappa shape index (κ2) is 9.06. The molecular formula is C28H36N4O2. The predicted molar refractivity (Wildman–Crippen MR) is 136 cm³/mol. The number of pyridine rings is 1. The third-order valence-electron chi connectivity index (χ3n) is 8.07. The van der Waals surface area contributed by atoms with Crippen LogP contribution in [-0.2, 0) is 19.4 Å². The Kier molecular flexibility index (Phi) is 6.11. The molecule has 180 valence electrons. The number of amides is 1. The largest absolute Gasteiger partial charge is 0.369 e. The SMILES string of the molecule is CCN(c1cccc2c1CC=CCCc1cc(C)[nH]c(=O)c1CNC2=O)C1CC2(CC(N)C2)C1. The first-order valence-electron chi connectivity index (χ1n) is 12.7. The highest BCUT2D eigenvalue weighted by molar-refractivity contribution is 5.97. The zero-order valence-corrected chi connectivity index (χ0v) is 20.3. The first kappa shape index (κ1) is 22.9. The average Bonchev–Trinajstić information content (AvgIpc) is 2.75. The number of nitrogens with one attached hydrogen (secondary N) is 2. The lowest BCUT2D eigenvalue weighted by molar-refractivity contribution is -0.00791. The van der Waals surface area contributed by atoms with Gasteiger partial charge in [-0.25, -0.2) is 0 Å². The second-order valence-electron chi connectivity index (χ2n) is 10.5. The van der Waals surface area contributed by atoms with Crippen LogP contribution >= 0.6 is 0 Å². The summed E-state index contributed by atoms with van der Waals surface area (Å²) in [6.45, 7) is 5.25. The van der Waals surface area contributed by atoms with Gasteiger partial charge in [0.2, 0.25) is 0 Å². The van der Waals surface area contributed by atoms with Crippen molar-refractivity contribution in [2.45, 2.75) is 77.4 Å². The first-order valence-corrected chi connectivity index (χ1v) is 12.7. The minimum absolute atomic E-state index is 0.114. The van der Waals surface area contributed by atoms with Crippen molar-refractivity contribution in [1.82, 2.24) is 10.3 Å². The molecule has 0 atom stereocenters. The Morgan fingerprint density at radius 3 is 2.65 bits per heavy atom. The number of carbonyl (C=O) groups is 1. The summed E-state index contributed by atoms with van der Waals surface area (Å²) < 4.78 is 0. The maximum absolute atomic E-state index is 13.3. The van der Waals surface area contributed by atoms with Crippen molar-refractivity contribution in [1.29, 1.82) is 0 Å². The van der Waals surface area contributed by atoms with Crippen LogP contribution in [0.2, 0.25) is 0 Å². The highest BCUT2D eigenvalue weighted by atomic mass is 16.1. The molecule has 4 N–H and O–H groups in total. The average molecular weight is 461 g/mol. The number of hydrogen-bond donors (Lipinski definition) is 3. The minimum atomic E-state index is -0.122. The summed E-state index contributed by atoms with van der Waals surface area (Å²) >= 11 is 0. The van der Waals surface area contributed by atoms with Crippen molar-refractivity contribution in [2.24, 2.45) is 11.1 Å². The van der Waals surface area contributed by atoms with Gasteiger partial charge in [-0.3, -0.25) is 9.59 Å². The van der Waals surface area contributed by atoms with Crippen molar-refractivity contribution in [3.63, 3.8) is 0 Å².